The van der Waals surface area contributed by atoms with Crippen LogP contribution in [0.4, 0.5) is 0 Å². The number of ether oxygens (including phenoxy) is 2. The maximum absolute atomic E-state index is 11.7. The van der Waals surface area contributed by atoms with Crippen molar-refractivity contribution in [3.63, 3.8) is 0 Å². The number of rotatable bonds is 11. The van der Waals surface area contributed by atoms with Gasteiger partial charge in [-0.25, -0.2) is 19.4 Å². The highest BCUT2D eigenvalue weighted by Gasteiger charge is 2.12. The van der Waals surface area contributed by atoms with E-state index < -0.39 is 11.9 Å². The molecular weight excluding hydrogens is 274 g/mol. The van der Waals surface area contributed by atoms with Crippen molar-refractivity contribution >= 4 is 18.0 Å². The largest absolute Gasteiger partial charge is 0.463 e. The Morgan fingerprint density at radius 3 is 2.33 bits per heavy atom. The second-order valence-corrected chi connectivity index (χ2v) is 4.28. The van der Waals surface area contributed by atoms with E-state index in [1.807, 2.05) is 0 Å². The zero-order valence-corrected chi connectivity index (χ0v) is 12.7. The maximum atomic E-state index is 11.7. The number of hydrogen-bond donors (Lipinski definition) is 0. The molecule has 0 unspecified atom stereocenters. The van der Waals surface area contributed by atoms with Crippen molar-refractivity contribution in [1.82, 2.24) is 0 Å². The van der Waals surface area contributed by atoms with E-state index in [9.17, 15) is 14.4 Å². The zero-order chi connectivity index (χ0) is 15.9. The van der Waals surface area contributed by atoms with E-state index in [-0.39, 0.29) is 13.2 Å². The average molecular weight is 297 g/mol. The molecule has 0 spiro atoms. The molecule has 0 aromatic heterocycles. The second-order valence-electron chi connectivity index (χ2n) is 4.28. The van der Waals surface area contributed by atoms with Crippen molar-refractivity contribution in [2.45, 2.75) is 46.0 Å². The molecule has 0 fully saturated rings. The van der Waals surface area contributed by atoms with E-state index in [1.54, 1.807) is 13.8 Å². The molecule has 0 aliphatic heterocycles. The minimum absolute atomic E-state index is 0.267. The first-order valence-electron chi connectivity index (χ1n) is 7.23. The van der Waals surface area contributed by atoms with Crippen LogP contribution < -0.4 is 0 Å². The number of nitrogens with zero attached hydrogens (tertiary/aromatic N) is 1. The van der Waals surface area contributed by atoms with Gasteiger partial charge in [-0.15, -0.1) is 0 Å². The van der Waals surface area contributed by atoms with Crippen molar-refractivity contribution in [3.8, 4) is 0 Å². The van der Waals surface area contributed by atoms with E-state index >= 15 is 0 Å². The highest BCUT2D eigenvalue weighted by Crippen LogP contribution is 2.12. The fourth-order valence-electron chi connectivity index (χ4n) is 1.69. The predicted molar refractivity (Wildman–Crippen MR) is 77.4 cm³/mol. The Kier molecular flexibility index (Phi) is 11.9. The lowest BCUT2D eigenvalue weighted by Gasteiger charge is -2.07. The number of esters is 2. The lowest BCUT2D eigenvalue weighted by atomic mass is 10.1. The van der Waals surface area contributed by atoms with E-state index in [4.69, 9.17) is 9.47 Å². The van der Waals surface area contributed by atoms with E-state index in [2.05, 4.69) is 4.99 Å². The second kappa shape index (κ2) is 13.1. The number of isocyanates is 1. The normalized spacial score (nSPS) is 10.7. The molecule has 0 saturated heterocycles. The highest BCUT2D eigenvalue weighted by atomic mass is 16.5. The summed E-state index contributed by atoms with van der Waals surface area (Å²) in [7, 11) is 0. The SMILES string of the molecule is CCOC(=O)/C=C(\CCCCCCN=C=O)C(=O)OCC. The molecule has 21 heavy (non-hydrogen) atoms. The third kappa shape index (κ3) is 10.5. The molecular formula is C15H23NO5. The van der Waals surface area contributed by atoms with Gasteiger partial charge in [-0.2, -0.15) is 0 Å². The van der Waals surface area contributed by atoms with Crippen LogP contribution in [-0.2, 0) is 23.9 Å². The van der Waals surface area contributed by atoms with Crippen LogP contribution in [0.1, 0.15) is 46.0 Å². The molecule has 0 rings (SSSR count). The number of carbonyl (C=O) groups is 2. The number of unbranched alkanes of at least 4 members (excludes halogenated alkanes) is 3. The molecule has 6 nitrogen and oxygen atoms in total. The van der Waals surface area contributed by atoms with Gasteiger partial charge in [0.15, 0.2) is 0 Å². The summed E-state index contributed by atoms with van der Waals surface area (Å²) in [5.74, 6) is -1.00. The minimum Gasteiger partial charge on any atom is -0.463 e. The van der Waals surface area contributed by atoms with Crippen LogP contribution in [0, 0.1) is 0 Å². The van der Waals surface area contributed by atoms with Gasteiger partial charge in [-0.1, -0.05) is 12.8 Å². The monoisotopic (exact) mass is 297 g/mol. The minimum atomic E-state index is -0.527. The first-order chi connectivity index (χ1) is 10.2. The molecule has 0 atom stereocenters. The molecule has 0 aromatic carbocycles. The van der Waals surface area contributed by atoms with Crippen LogP contribution in [0.15, 0.2) is 16.6 Å². The number of aliphatic imine (C=N–C) groups is 1. The van der Waals surface area contributed by atoms with Crippen molar-refractivity contribution in [1.29, 1.82) is 0 Å². The molecule has 0 amide bonds. The topological polar surface area (TPSA) is 82.0 Å². The number of hydrogen-bond acceptors (Lipinski definition) is 6. The standard InChI is InChI=1S/C15H23NO5/c1-3-20-14(18)11-13(15(19)21-4-2)9-7-5-6-8-10-16-12-17/h11H,3-10H2,1-2H3/b13-11+. The summed E-state index contributed by atoms with van der Waals surface area (Å²) in [5, 5.41) is 0. The molecule has 0 heterocycles. The van der Waals surface area contributed by atoms with Gasteiger partial charge >= 0.3 is 11.9 Å². The number of carbonyl (C=O) groups excluding carboxylic acids is 3. The summed E-state index contributed by atoms with van der Waals surface area (Å²) in [6, 6.07) is 0. The third-order valence-electron chi connectivity index (χ3n) is 2.65. The quantitative estimate of drug-likeness (QED) is 0.192. The fraction of sp³-hybridized carbons (Fsp3) is 0.667. The molecule has 0 bridgehead atoms. The zero-order valence-electron chi connectivity index (χ0n) is 12.7. The molecule has 0 radical (unpaired) electrons. The summed E-state index contributed by atoms with van der Waals surface area (Å²) in [4.78, 5) is 36.5. The summed E-state index contributed by atoms with van der Waals surface area (Å²) in [6.07, 6.45) is 6.52. The van der Waals surface area contributed by atoms with E-state index in [1.165, 1.54) is 12.2 Å². The molecule has 0 aliphatic carbocycles. The van der Waals surface area contributed by atoms with Crippen molar-refractivity contribution in [3.05, 3.63) is 11.6 Å². The third-order valence-corrected chi connectivity index (χ3v) is 2.65. The smallest absolute Gasteiger partial charge is 0.334 e. The first kappa shape index (κ1) is 19.1. The van der Waals surface area contributed by atoms with Crippen LogP contribution >= 0.6 is 0 Å². The Bertz CT molecular complexity index is 397. The van der Waals surface area contributed by atoms with Crippen LogP contribution in [0.2, 0.25) is 0 Å². The molecule has 6 heteroatoms. The van der Waals surface area contributed by atoms with Gasteiger partial charge in [0.1, 0.15) is 0 Å². The molecule has 0 N–H and O–H groups in total. The van der Waals surface area contributed by atoms with Crippen LogP contribution in [0.5, 0.6) is 0 Å². The van der Waals surface area contributed by atoms with Gasteiger partial charge in [0.25, 0.3) is 0 Å². The Labute approximate surface area is 125 Å². The van der Waals surface area contributed by atoms with E-state index in [0.29, 0.717) is 18.5 Å². The molecule has 118 valence electrons. The van der Waals surface area contributed by atoms with Gasteiger partial charge in [0.2, 0.25) is 6.08 Å². The Morgan fingerprint density at radius 1 is 1.05 bits per heavy atom. The summed E-state index contributed by atoms with van der Waals surface area (Å²) < 4.78 is 9.72. The van der Waals surface area contributed by atoms with Gasteiger partial charge in [-0.3, -0.25) is 0 Å². The first-order valence-corrected chi connectivity index (χ1v) is 7.23. The lowest BCUT2D eigenvalue weighted by Crippen LogP contribution is -2.11. The van der Waals surface area contributed by atoms with Gasteiger partial charge in [0.05, 0.1) is 19.8 Å². The van der Waals surface area contributed by atoms with Gasteiger partial charge < -0.3 is 9.47 Å². The molecule has 0 aromatic rings. The Hall–Kier alpha value is -1.94. The van der Waals surface area contributed by atoms with E-state index in [0.717, 1.165) is 25.7 Å². The van der Waals surface area contributed by atoms with Crippen molar-refractivity contribution in [2.24, 2.45) is 4.99 Å². The maximum Gasteiger partial charge on any atom is 0.334 e. The summed E-state index contributed by atoms with van der Waals surface area (Å²) >= 11 is 0. The van der Waals surface area contributed by atoms with Crippen molar-refractivity contribution in [2.75, 3.05) is 19.8 Å². The summed E-state index contributed by atoms with van der Waals surface area (Å²) in [6.45, 7) is 4.43. The van der Waals surface area contributed by atoms with Crippen molar-refractivity contribution < 1.29 is 23.9 Å². The van der Waals surface area contributed by atoms with Gasteiger partial charge in [0, 0.05) is 11.6 Å². The van der Waals surface area contributed by atoms with Gasteiger partial charge in [-0.05, 0) is 33.1 Å². The Morgan fingerprint density at radius 2 is 1.71 bits per heavy atom. The van der Waals surface area contributed by atoms with Crippen LogP contribution in [0.3, 0.4) is 0 Å². The van der Waals surface area contributed by atoms with Crippen LogP contribution in [-0.4, -0.2) is 37.8 Å². The molecule has 0 aliphatic rings. The highest BCUT2D eigenvalue weighted by molar-refractivity contribution is 5.96. The Balaban J connectivity index is 4.25. The predicted octanol–water partition coefficient (Wildman–Crippen LogP) is 2.33. The molecule has 0 saturated carbocycles. The average Bonchev–Trinajstić information content (AvgIpc) is 2.45. The summed E-state index contributed by atoms with van der Waals surface area (Å²) in [5.41, 5.74) is 0.334. The van der Waals surface area contributed by atoms with Crippen LogP contribution in [0.25, 0.3) is 0 Å². The lowest BCUT2D eigenvalue weighted by molar-refractivity contribution is -0.141. The fourth-order valence-corrected chi connectivity index (χ4v) is 1.69.